The lowest BCUT2D eigenvalue weighted by Gasteiger charge is -1.80. The highest BCUT2D eigenvalue weighted by Gasteiger charge is 1.88. The number of aryl methyl sites for hydroxylation is 1. The average molecular weight is 170 g/mol. The molecule has 0 aliphatic heterocycles. The quantitative estimate of drug-likeness (QED) is 0.648. The van der Waals surface area contributed by atoms with E-state index in [9.17, 15) is 0 Å². The monoisotopic (exact) mass is 170 g/mol. The van der Waals surface area contributed by atoms with E-state index in [0.717, 1.165) is 5.75 Å². The van der Waals surface area contributed by atoms with Gasteiger partial charge in [-0.15, -0.1) is 11.3 Å². The van der Waals surface area contributed by atoms with E-state index in [1.54, 1.807) is 11.3 Å². The van der Waals surface area contributed by atoms with E-state index in [4.69, 9.17) is 0 Å². The molecule has 0 spiro atoms. The minimum atomic E-state index is 0.816. The maximum Gasteiger partial charge on any atom is 0.0270 e. The fourth-order valence-corrected chi connectivity index (χ4v) is 1.63. The van der Waals surface area contributed by atoms with Crippen LogP contribution in [0.5, 0.6) is 0 Å². The molecule has 10 heavy (non-hydrogen) atoms. The van der Waals surface area contributed by atoms with Crippen molar-refractivity contribution in [3.05, 3.63) is 28.0 Å². The summed E-state index contributed by atoms with van der Waals surface area (Å²) in [4.78, 5) is 2.67. The van der Waals surface area contributed by atoms with Crippen molar-refractivity contribution in [2.45, 2.75) is 6.92 Å². The first kappa shape index (κ1) is 7.89. The summed E-state index contributed by atoms with van der Waals surface area (Å²) >= 11 is 5.88. The number of hydrogen-bond donors (Lipinski definition) is 1. The molecule has 0 saturated carbocycles. The molecule has 0 radical (unpaired) electrons. The molecule has 0 bridgehead atoms. The molecular weight excluding hydrogens is 160 g/mol. The molecule has 0 aliphatic carbocycles. The van der Waals surface area contributed by atoms with Gasteiger partial charge in [0.25, 0.3) is 0 Å². The zero-order chi connectivity index (χ0) is 7.40. The first-order chi connectivity index (χ1) is 4.83. The van der Waals surface area contributed by atoms with Crippen molar-refractivity contribution in [1.82, 2.24) is 0 Å². The number of hydrogen-bond acceptors (Lipinski definition) is 2. The normalized spacial score (nSPS) is 11.0. The van der Waals surface area contributed by atoms with Crippen LogP contribution in [0, 0.1) is 6.92 Å². The molecule has 0 amide bonds. The van der Waals surface area contributed by atoms with Gasteiger partial charge in [0, 0.05) is 15.5 Å². The fourth-order valence-electron chi connectivity index (χ4n) is 0.712. The van der Waals surface area contributed by atoms with Crippen LogP contribution in [0.4, 0.5) is 0 Å². The van der Waals surface area contributed by atoms with Crippen molar-refractivity contribution in [3.63, 3.8) is 0 Å². The summed E-state index contributed by atoms with van der Waals surface area (Å²) in [6, 6.07) is 4.25. The standard InChI is InChI=1S/C8H10S2/c1-7-4-5-8(10-7)3-2-6-9/h2-5,9H,6H2,1H3. The Labute approximate surface area is 71.0 Å². The lowest BCUT2D eigenvalue weighted by molar-refractivity contribution is 1.64. The number of thiophene rings is 1. The zero-order valence-electron chi connectivity index (χ0n) is 5.87. The van der Waals surface area contributed by atoms with Gasteiger partial charge < -0.3 is 0 Å². The smallest absolute Gasteiger partial charge is 0.0270 e. The maximum absolute atomic E-state index is 4.08. The Morgan fingerprint density at radius 1 is 1.60 bits per heavy atom. The summed E-state index contributed by atoms with van der Waals surface area (Å²) in [6.45, 7) is 2.11. The molecule has 1 heterocycles. The Balaban J connectivity index is 2.67. The molecule has 0 aromatic carbocycles. The predicted octanol–water partition coefficient (Wildman–Crippen LogP) is 3.00. The van der Waals surface area contributed by atoms with Crippen molar-refractivity contribution < 1.29 is 0 Å². The maximum atomic E-state index is 4.08. The molecule has 0 nitrogen and oxygen atoms in total. The second-order valence-corrected chi connectivity index (χ2v) is 3.72. The SMILES string of the molecule is Cc1ccc(C=CCS)s1. The molecule has 1 aromatic rings. The molecule has 0 aliphatic rings. The second kappa shape index (κ2) is 3.84. The van der Waals surface area contributed by atoms with Crippen LogP contribution in [0.15, 0.2) is 18.2 Å². The van der Waals surface area contributed by atoms with Crippen LogP contribution >= 0.6 is 24.0 Å². The number of thiol groups is 1. The van der Waals surface area contributed by atoms with Crippen molar-refractivity contribution in [1.29, 1.82) is 0 Å². The van der Waals surface area contributed by atoms with E-state index in [0.29, 0.717) is 0 Å². The van der Waals surface area contributed by atoms with Gasteiger partial charge in [0.15, 0.2) is 0 Å². The Kier molecular flexibility index (Phi) is 3.03. The van der Waals surface area contributed by atoms with E-state index >= 15 is 0 Å². The second-order valence-electron chi connectivity index (χ2n) is 2.03. The molecule has 0 fully saturated rings. The van der Waals surface area contributed by atoms with Crippen molar-refractivity contribution in [2.24, 2.45) is 0 Å². The van der Waals surface area contributed by atoms with Gasteiger partial charge in [0.05, 0.1) is 0 Å². The van der Waals surface area contributed by atoms with E-state index in [1.807, 2.05) is 6.08 Å². The molecule has 0 N–H and O–H groups in total. The first-order valence-corrected chi connectivity index (χ1v) is 4.61. The van der Waals surface area contributed by atoms with Gasteiger partial charge in [-0.3, -0.25) is 0 Å². The van der Waals surface area contributed by atoms with Crippen molar-refractivity contribution in [3.8, 4) is 0 Å². The van der Waals surface area contributed by atoms with E-state index < -0.39 is 0 Å². The van der Waals surface area contributed by atoms with E-state index in [1.165, 1.54) is 9.75 Å². The van der Waals surface area contributed by atoms with Gasteiger partial charge in [-0.25, -0.2) is 0 Å². The van der Waals surface area contributed by atoms with Crippen LogP contribution in [0.2, 0.25) is 0 Å². The van der Waals surface area contributed by atoms with Crippen LogP contribution in [0.3, 0.4) is 0 Å². The van der Waals surface area contributed by atoms with E-state index in [-0.39, 0.29) is 0 Å². The van der Waals surface area contributed by atoms with Crippen LogP contribution in [-0.4, -0.2) is 5.75 Å². The molecule has 2 heteroatoms. The third-order valence-corrected chi connectivity index (χ3v) is 2.33. The van der Waals surface area contributed by atoms with Gasteiger partial charge >= 0.3 is 0 Å². The summed E-state index contributed by atoms with van der Waals surface area (Å²) in [5.74, 6) is 0.816. The largest absolute Gasteiger partial charge is 0.175 e. The number of rotatable bonds is 2. The van der Waals surface area contributed by atoms with Crippen LogP contribution < -0.4 is 0 Å². The van der Waals surface area contributed by atoms with Gasteiger partial charge in [0.1, 0.15) is 0 Å². The van der Waals surface area contributed by atoms with Crippen molar-refractivity contribution in [2.75, 3.05) is 5.75 Å². The topological polar surface area (TPSA) is 0 Å². The Bertz CT molecular complexity index is 223. The Morgan fingerprint density at radius 2 is 2.40 bits per heavy atom. The summed E-state index contributed by atoms with van der Waals surface area (Å²) in [7, 11) is 0. The predicted molar refractivity (Wildman–Crippen MR) is 51.9 cm³/mol. The molecule has 0 atom stereocenters. The van der Waals surface area contributed by atoms with Crippen molar-refractivity contribution >= 4 is 30.0 Å². The van der Waals surface area contributed by atoms with Gasteiger partial charge in [-0.1, -0.05) is 6.08 Å². The molecular formula is C8H10S2. The average Bonchev–Trinajstić information content (AvgIpc) is 2.31. The Hall–Kier alpha value is -0.210. The van der Waals surface area contributed by atoms with Gasteiger partial charge in [0.2, 0.25) is 0 Å². The third kappa shape index (κ3) is 2.20. The fraction of sp³-hybridized carbons (Fsp3) is 0.250. The van der Waals surface area contributed by atoms with Gasteiger partial charge in [-0.2, -0.15) is 12.6 Å². The molecule has 0 saturated heterocycles. The molecule has 0 unspecified atom stereocenters. The summed E-state index contributed by atoms with van der Waals surface area (Å²) in [6.07, 6.45) is 4.15. The zero-order valence-corrected chi connectivity index (χ0v) is 7.58. The third-order valence-electron chi connectivity index (χ3n) is 1.15. The minimum Gasteiger partial charge on any atom is -0.175 e. The first-order valence-electron chi connectivity index (χ1n) is 3.17. The molecule has 1 rings (SSSR count). The Morgan fingerprint density at radius 3 is 2.90 bits per heavy atom. The van der Waals surface area contributed by atoms with Crippen LogP contribution in [0.1, 0.15) is 9.75 Å². The molecule has 54 valence electrons. The lowest BCUT2D eigenvalue weighted by Crippen LogP contribution is -1.58. The lowest BCUT2D eigenvalue weighted by atomic mass is 10.4. The highest BCUT2D eigenvalue weighted by atomic mass is 32.1. The minimum absolute atomic E-state index is 0.816. The summed E-state index contributed by atoms with van der Waals surface area (Å²) in [5, 5.41) is 0. The van der Waals surface area contributed by atoms with Crippen LogP contribution in [-0.2, 0) is 0 Å². The summed E-state index contributed by atoms with van der Waals surface area (Å²) < 4.78 is 0. The van der Waals surface area contributed by atoms with Crippen LogP contribution in [0.25, 0.3) is 6.08 Å². The highest BCUT2D eigenvalue weighted by Crippen LogP contribution is 2.16. The highest BCUT2D eigenvalue weighted by molar-refractivity contribution is 7.80. The van der Waals surface area contributed by atoms with Gasteiger partial charge in [-0.05, 0) is 25.1 Å². The summed E-state index contributed by atoms with van der Waals surface area (Å²) in [5.41, 5.74) is 0. The van der Waals surface area contributed by atoms with E-state index in [2.05, 4.69) is 37.8 Å². The molecule has 1 aromatic heterocycles.